The highest BCUT2D eigenvalue weighted by Crippen LogP contribution is 2.15. The van der Waals surface area contributed by atoms with Crippen LogP contribution in [0, 0.1) is 5.41 Å². The molecule has 6 nitrogen and oxygen atoms in total. The highest BCUT2D eigenvalue weighted by molar-refractivity contribution is 7.96. The second kappa shape index (κ2) is 28.7. The van der Waals surface area contributed by atoms with Gasteiger partial charge >= 0.3 is 0 Å². The standard InChI is InChI=1S/C21H42OS.C8H7N.C5H12O4/c1-2-3-4-5-6-7-8-9-10-11-12-13-14-15-16-17-18-19-20-21(22)23;1-2-4-8-7(3-1)5-6-9-8;6-1-5(2-7,3-8)4-9/h2-20H2,1H3,(H,22,23);1-6,9H;6-9H,1-4H2. The van der Waals surface area contributed by atoms with Gasteiger partial charge in [0, 0.05) is 18.1 Å². The Morgan fingerprint density at radius 1 is 0.634 bits per heavy atom. The maximum atomic E-state index is 10.7. The first-order valence-corrected chi connectivity index (χ1v) is 16.6. The molecule has 1 heterocycles. The van der Waals surface area contributed by atoms with Crippen molar-refractivity contribution in [2.24, 2.45) is 5.41 Å². The number of carbonyl (C=O) groups excluding carboxylic acids is 1. The van der Waals surface area contributed by atoms with Crippen molar-refractivity contribution in [1.29, 1.82) is 0 Å². The van der Waals surface area contributed by atoms with Gasteiger partial charge in [-0.25, -0.2) is 0 Å². The third-order valence-corrected chi connectivity index (χ3v) is 7.77. The Labute approximate surface area is 255 Å². The Balaban J connectivity index is 0.000000714. The first-order valence-electron chi connectivity index (χ1n) is 16.2. The molecule has 0 amide bonds. The molecule has 2 aromatic rings. The van der Waals surface area contributed by atoms with Gasteiger partial charge in [-0.15, -0.1) is 12.6 Å². The molecule has 5 N–H and O–H groups in total. The van der Waals surface area contributed by atoms with Crippen LogP contribution in [0.15, 0.2) is 36.5 Å². The van der Waals surface area contributed by atoms with E-state index in [9.17, 15) is 4.79 Å². The first kappa shape index (κ1) is 39.6. The number of H-pyrrole nitrogens is 1. The molecule has 0 spiro atoms. The van der Waals surface area contributed by atoms with Crippen LogP contribution in [0.3, 0.4) is 0 Å². The second-order valence-electron chi connectivity index (χ2n) is 11.4. The minimum absolute atomic E-state index is 0.0430. The van der Waals surface area contributed by atoms with Crippen LogP contribution in [0.2, 0.25) is 0 Å². The number of hydrogen-bond donors (Lipinski definition) is 6. The van der Waals surface area contributed by atoms with Crippen LogP contribution >= 0.6 is 12.6 Å². The molecule has 0 saturated heterocycles. The lowest BCUT2D eigenvalue weighted by Gasteiger charge is -2.23. The zero-order valence-corrected chi connectivity index (χ0v) is 26.8. The molecule has 0 aliphatic carbocycles. The molecule has 0 saturated carbocycles. The molecule has 0 aliphatic rings. The number of aliphatic hydroxyl groups is 4. The van der Waals surface area contributed by atoms with Crippen molar-refractivity contribution in [2.45, 2.75) is 129 Å². The van der Waals surface area contributed by atoms with Gasteiger partial charge in [0.15, 0.2) is 5.12 Å². The Kier molecular flexibility index (Phi) is 27.8. The smallest absolute Gasteiger partial charge is 0.185 e. The Hall–Kier alpha value is -1.38. The number of thiol groups is 1. The summed E-state index contributed by atoms with van der Waals surface area (Å²) >= 11 is 3.79. The Bertz CT molecular complexity index is 777. The highest BCUT2D eigenvalue weighted by Gasteiger charge is 2.26. The summed E-state index contributed by atoms with van der Waals surface area (Å²) in [4.78, 5) is 13.8. The monoisotopic (exact) mass is 595 g/mol. The molecule has 2 rings (SSSR count). The molecule has 0 radical (unpaired) electrons. The lowest BCUT2D eigenvalue weighted by atomic mass is 9.93. The molecular weight excluding hydrogens is 534 g/mol. The van der Waals surface area contributed by atoms with Crippen molar-refractivity contribution in [2.75, 3.05) is 26.4 Å². The number of hydrogen-bond acceptors (Lipinski definition) is 5. The predicted molar refractivity (Wildman–Crippen MR) is 176 cm³/mol. The van der Waals surface area contributed by atoms with E-state index in [1.807, 2.05) is 18.3 Å². The summed E-state index contributed by atoms with van der Waals surface area (Å²) in [5.41, 5.74) is 0.0949. The quantitative estimate of drug-likeness (QED) is 0.0576. The zero-order chi connectivity index (χ0) is 30.4. The van der Waals surface area contributed by atoms with Crippen LogP contribution < -0.4 is 0 Å². The number of aliphatic hydroxyl groups excluding tert-OH is 4. The summed E-state index contributed by atoms with van der Waals surface area (Å²) in [7, 11) is 0. The molecule has 0 bridgehead atoms. The van der Waals surface area contributed by atoms with E-state index >= 15 is 0 Å². The van der Waals surface area contributed by atoms with Crippen molar-refractivity contribution in [1.82, 2.24) is 4.98 Å². The summed E-state index contributed by atoms with van der Waals surface area (Å²) in [5.74, 6) is 0. The summed E-state index contributed by atoms with van der Waals surface area (Å²) in [5, 5.41) is 35.3. The van der Waals surface area contributed by atoms with Gasteiger partial charge in [0.25, 0.3) is 0 Å². The van der Waals surface area contributed by atoms with Crippen molar-refractivity contribution < 1.29 is 25.2 Å². The average Bonchev–Trinajstić information content (AvgIpc) is 3.48. The fraction of sp³-hybridized carbons (Fsp3) is 0.735. The van der Waals surface area contributed by atoms with E-state index in [2.05, 4.69) is 42.7 Å². The van der Waals surface area contributed by atoms with Crippen LogP contribution in [-0.2, 0) is 4.79 Å². The van der Waals surface area contributed by atoms with E-state index in [1.165, 1.54) is 120 Å². The van der Waals surface area contributed by atoms with Gasteiger partial charge in [0.2, 0.25) is 0 Å². The van der Waals surface area contributed by atoms with Gasteiger partial charge < -0.3 is 25.4 Å². The number of aromatic amines is 1. The molecule has 0 atom stereocenters. The van der Waals surface area contributed by atoms with E-state index < -0.39 is 31.8 Å². The number of unbranched alkanes of at least 4 members (excludes halogenated alkanes) is 17. The normalized spacial score (nSPS) is 11.1. The third kappa shape index (κ3) is 22.8. The van der Waals surface area contributed by atoms with Gasteiger partial charge in [-0.3, -0.25) is 4.79 Å². The van der Waals surface area contributed by atoms with E-state index in [1.54, 1.807) is 0 Å². The molecule has 41 heavy (non-hydrogen) atoms. The lowest BCUT2D eigenvalue weighted by molar-refractivity contribution is -0.110. The third-order valence-electron chi connectivity index (χ3n) is 7.55. The predicted octanol–water partition coefficient (Wildman–Crippen LogP) is 7.98. The van der Waals surface area contributed by atoms with Gasteiger partial charge in [-0.05, 0) is 23.9 Å². The van der Waals surface area contributed by atoms with Gasteiger partial charge in [0.05, 0.1) is 31.8 Å². The highest BCUT2D eigenvalue weighted by atomic mass is 32.1. The summed E-state index contributed by atoms with van der Waals surface area (Å²) < 4.78 is 0. The zero-order valence-electron chi connectivity index (χ0n) is 25.9. The minimum Gasteiger partial charge on any atom is -0.396 e. The Morgan fingerprint density at radius 2 is 1.02 bits per heavy atom. The molecule has 0 aliphatic heterocycles. The van der Waals surface area contributed by atoms with Crippen LogP contribution in [0.5, 0.6) is 0 Å². The Morgan fingerprint density at radius 3 is 1.37 bits per heavy atom. The SMILES string of the molecule is CCCCCCCCCCCCCCCCCCCCC(=O)S.OCC(CO)(CO)CO.c1ccc2[nH]ccc2c1. The maximum Gasteiger partial charge on any atom is 0.185 e. The van der Waals surface area contributed by atoms with Crippen LogP contribution in [-0.4, -0.2) is 57.0 Å². The van der Waals surface area contributed by atoms with Crippen molar-refractivity contribution in [3.8, 4) is 0 Å². The molecule has 1 aromatic carbocycles. The van der Waals surface area contributed by atoms with Gasteiger partial charge in [-0.2, -0.15) is 0 Å². The fourth-order valence-electron chi connectivity index (χ4n) is 4.47. The average molecular weight is 596 g/mol. The maximum absolute atomic E-state index is 10.7. The van der Waals surface area contributed by atoms with Crippen LogP contribution in [0.1, 0.15) is 129 Å². The largest absolute Gasteiger partial charge is 0.396 e. The molecule has 238 valence electrons. The van der Waals surface area contributed by atoms with E-state index in [4.69, 9.17) is 20.4 Å². The number of nitrogens with one attached hydrogen (secondary N) is 1. The van der Waals surface area contributed by atoms with Crippen LogP contribution in [0.25, 0.3) is 10.9 Å². The topological polar surface area (TPSA) is 114 Å². The van der Waals surface area contributed by atoms with Crippen molar-refractivity contribution in [3.05, 3.63) is 36.5 Å². The number of fused-ring (bicyclic) bond motifs is 1. The van der Waals surface area contributed by atoms with E-state index in [-0.39, 0.29) is 5.12 Å². The summed E-state index contributed by atoms with van der Waals surface area (Å²) in [6.07, 6.45) is 27.5. The number of benzene rings is 1. The van der Waals surface area contributed by atoms with Crippen LogP contribution in [0.4, 0.5) is 0 Å². The minimum atomic E-state index is -1.11. The molecule has 0 unspecified atom stereocenters. The van der Waals surface area contributed by atoms with E-state index in [0.717, 1.165) is 6.42 Å². The molecule has 0 fully saturated rings. The van der Waals surface area contributed by atoms with Crippen molar-refractivity contribution in [3.63, 3.8) is 0 Å². The summed E-state index contributed by atoms with van der Waals surface area (Å²) in [6.45, 7) is 0.661. The lowest BCUT2D eigenvalue weighted by Crippen LogP contribution is -2.37. The molecular formula is C34H61NO5S. The first-order chi connectivity index (χ1) is 20.0. The van der Waals surface area contributed by atoms with Crippen molar-refractivity contribution >= 4 is 28.6 Å². The number of carbonyl (C=O) groups is 1. The van der Waals surface area contributed by atoms with Gasteiger partial charge in [-0.1, -0.05) is 134 Å². The second-order valence-corrected chi connectivity index (χ2v) is 11.9. The molecule has 1 aromatic heterocycles. The number of rotatable bonds is 23. The molecule has 7 heteroatoms. The summed E-state index contributed by atoms with van der Waals surface area (Å²) in [6, 6.07) is 10.3. The van der Waals surface area contributed by atoms with Gasteiger partial charge in [0.1, 0.15) is 0 Å². The fourth-order valence-corrected chi connectivity index (χ4v) is 4.63. The number of para-hydroxylation sites is 1. The number of aromatic nitrogens is 1. The van der Waals surface area contributed by atoms with E-state index in [0.29, 0.717) is 6.42 Å².